The molecule has 1 unspecified atom stereocenters. The molecular formula is C15H27N5O. The molecule has 1 aromatic rings. The number of carbonyl (C=O) groups excluding carboxylic acids is 1. The monoisotopic (exact) mass is 293 g/mol. The molecule has 0 saturated heterocycles. The molecule has 0 radical (unpaired) electrons. The fraction of sp³-hybridized carbons (Fsp3) is 0.733. The fourth-order valence-corrected chi connectivity index (χ4v) is 2.92. The number of aryl methyl sites for hydroxylation is 1. The molecule has 1 fully saturated rings. The average Bonchev–Trinajstić information content (AvgIpc) is 3.09. The van der Waals surface area contributed by atoms with E-state index >= 15 is 0 Å². The van der Waals surface area contributed by atoms with Crippen molar-refractivity contribution >= 4 is 5.91 Å². The highest BCUT2D eigenvalue weighted by Gasteiger charge is 2.30. The Balaban J connectivity index is 2.08. The Morgan fingerprint density at radius 1 is 1.43 bits per heavy atom. The molecule has 1 aromatic heterocycles. The molecule has 1 atom stereocenters. The highest BCUT2D eigenvalue weighted by atomic mass is 16.2. The summed E-state index contributed by atoms with van der Waals surface area (Å²) in [5, 5.41) is 4.11. The van der Waals surface area contributed by atoms with Gasteiger partial charge < -0.3 is 15.5 Å². The van der Waals surface area contributed by atoms with Crippen LogP contribution in [0.15, 0.2) is 12.4 Å². The molecule has 2 rings (SSSR count). The first-order valence-corrected chi connectivity index (χ1v) is 7.68. The van der Waals surface area contributed by atoms with Gasteiger partial charge in [0, 0.05) is 37.9 Å². The third-order valence-electron chi connectivity index (χ3n) is 4.19. The zero-order valence-electron chi connectivity index (χ0n) is 13.3. The minimum absolute atomic E-state index is 0.0248. The first kappa shape index (κ1) is 16.0. The summed E-state index contributed by atoms with van der Waals surface area (Å²) in [7, 11) is 5.89. The highest BCUT2D eigenvalue weighted by Crippen LogP contribution is 2.25. The molecule has 0 aliphatic heterocycles. The van der Waals surface area contributed by atoms with E-state index in [1.807, 2.05) is 32.2 Å². The number of nitrogens with two attached hydrogens (primary N) is 1. The summed E-state index contributed by atoms with van der Waals surface area (Å²) in [4.78, 5) is 16.9. The van der Waals surface area contributed by atoms with Gasteiger partial charge in [0.15, 0.2) is 0 Å². The SMILES string of the molecule is CN(C)CCN(C(=O)C(N)c1cnn(C)c1)C1CCCC1. The molecule has 0 aromatic carbocycles. The van der Waals surface area contributed by atoms with E-state index in [1.54, 1.807) is 10.9 Å². The lowest BCUT2D eigenvalue weighted by atomic mass is 10.1. The lowest BCUT2D eigenvalue weighted by Gasteiger charge is -2.32. The van der Waals surface area contributed by atoms with Gasteiger partial charge >= 0.3 is 0 Å². The number of carbonyl (C=O) groups is 1. The zero-order valence-corrected chi connectivity index (χ0v) is 13.3. The van der Waals surface area contributed by atoms with Crippen LogP contribution in [0, 0.1) is 0 Å². The summed E-state index contributed by atoms with van der Waals surface area (Å²) in [5.74, 6) is 0.0248. The second-order valence-electron chi connectivity index (χ2n) is 6.20. The molecule has 1 heterocycles. The van der Waals surface area contributed by atoms with Crippen LogP contribution in [0.1, 0.15) is 37.3 Å². The third kappa shape index (κ3) is 4.04. The lowest BCUT2D eigenvalue weighted by Crippen LogP contribution is -2.46. The van der Waals surface area contributed by atoms with Crippen LogP contribution in [0.4, 0.5) is 0 Å². The summed E-state index contributed by atoms with van der Waals surface area (Å²) in [6, 6.07) is -0.262. The molecule has 1 amide bonds. The maximum absolute atomic E-state index is 12.8. The van der Waals surface area contributed by atoms with Gasteiger partial charge in [-0.25, -0.2) is 0 Å². The van der Waals surface area contributed by atoms with Crippen LogP contribution >= 0.6 is 0 Å². The standard InChI is InChI=1S/C15H27N5O/c1-18(2)8-9-20(13-6-4-5-7-13)15(21)14(16)12-10-17-19(3)11-12/h10-11,13-14H,4-9,16H2,1-3H3. The van der Waals surface area contributed by atoms with Crippen molar-refractivity contribution in [1.82, 2.24) is 19.6 Å². The van der Waals surface area contributed by atoms with Crippen molar-refractivity contribution in [2.45, 2.75) is 37.8 Å². The first-order valence-electron chi connectivity index (χ1n) is 7.68. The van der Waals surface area contributed by atoms with Gasteiger partial charge in [0.25, 0.3) is 0 Å². The van der Waals surface area contributed by atoms with Crippen molar-refractivity contribution in [3.8, 4) is 0 Å². The quantitative estimate of drug-likeness (QED) is 0.840. The number of likely N-dealkylation sites (N-methyl/N-ethyl adjacent to an activating group) is 1. The maximum Gasteiger partial charge on any atom is 0.244 e. The maximum atomic E-state index is 12.8. The number of hydrogen-bond acceptors (Lipinski definition) is 4. The Morgan fingerprint density at radius 3 is 2.62 bits per heavy atom. The Hall–Kier alpha value is -1.40. The van der Waals surface area contributed by atoms with Crippen molar-refractivity contribution in [1.29, 1.82) is 0 Å². The molecule has 1 aliphatic rings. The van der Waals surface area contributed by atoms with E-state index in [4.69, 9.17) is 5.73 Å². The number of hydrogen-bond donors (Lipinski definition) is 1. The topological polar surface area (TPSA) is 67.4 Å². The van der Waals surface area contributed by atoms with Crippen molar-refractivity contribution in [2.75, 3.05) is 27.2 Å². The van der Waals surface area contributed by atoms with E-state index in [-0.39, 0.29) is 5.91 Å². The minimum Gasteiger partial charge on any atom is -0.337 e. The van der Waals surface area contributed by atoms with Gasteiger partial charge in [-0.3, -0.25) is 9.48 Å². The van der Waals surface area contributed by atoms with Crippen LogP contribution in [0.2, 0.25) is 0 Å². The molecule has 6 nitrogen and oxygen atoms in total. The number of rotatable bonds is 6. The second-order valence-corrected chi connectivity index (χ2v) is 6.20. The van der Waals surface area contributed by atoms with Gasteiger partial charge in [0.2, 0.25) is 5.91 Å². The van der Waals surface area contributed by atoms with Crippen LogP contribution in [0.25, 0.3) is 0 Å². The van der Waals surface area contributed by atoms with Crippen molar-refractivity contribution in [3.05, 3.63) is 18.0 Å². The summed E-state index contributed by atoms with van der Waals surface area (Å²) in [5.41, 5.74) is 6.96. The van der Waals surface area contributed by atoms with Gasteiger partial charge in [-0.2, -0.15) is 5.10 Å². The van der Waals surface area contributed by atoms with Gasteiger partial charge in [-0.1, -0.05) is 12.8 Å². The van der Waals surface area contributed by atoms with Crippen molar-refractivity contribution < 1.29 is 4.79 Å². The largest absolute Gasteiger partial charge is 0.337 e. The third-order valence-corrected chi connectivity index (χ3v) is 4.19. The van der Waals surface area contributed by atoms with E-state index < -0.39 is 6.04 Å². The molecule has 6 heteroatoms. The van der Waals surface area contributed by atoms with E-state index in [1.165, 1.54) is 12.8 Å². The minimum atomic E-state index is -0.610. The molecule has 2 N–H and O–H groups in total. The average molecular weight is 293 g/mol. The predicted octanol–water partition coefficient (Wildman–Crippen LogP) is 0.753. The zero-order chi connectivity index (χ0) is 15.4. The summed E-state index contributed by atoms with van der Waals surface area (Å²) < 4.78 is 1.68. The highest BCUT2D eigenvalue weighted by molar-refractivity contribution is 5.83. The second kappa shape index (κ2) is 7.04. The van der Waals surface area contributed by atoms with E-state index in [2.05, 4.69) is 10.00 Å². The normalized spacial score (nSPS) is 17.4. The van der Waals surface area contributed by atoms with Crippen LogP contribution in [-0.2, 0) is 11.8 Å². The Kier molecular flexibility index (Phi) is 5.36. The molecule has 1 aliphatic carbocycles. The number of nitrogens with zero attached hydrogens (tertiary/aromatic N) is 4. The molecular weight excluding hydrogens is 266 g/mol. The Labute approximate surface area is 126 Å². The van der Waals surface area contributed by atoms with Crippen LogP contribution < -0.4 is 5.73 Å². The molecule has 1 saturated carbocycles. The van der Waals surface area contributed by atoms with E-state index in [0.717, 1.165) is 31.5 Å². The molecule has 118 valence electrons. The lowest BCUT2D eigenvalue weighted by molar-refractivity contribution is -0.135. The van der Waals surface area contributed by atoms with Gasteiger partial charge in [-0.05, 0) is 26.9 Å². The van der Waals surface area contributed by atoms with Crippen molar-refractivity contribution in [3.63, 3.8) is 0 Å². The molecule has 21 heavy (non-hydrogen) atoms. The first-order chi connectivity index (χ1) is 9.99. The summed E-state index contributed by atoms with van der Waals surface area (Å²) in [6.07, 6.45) is 8.11. The van der Waals surface area contributed by atoms with Crippen LogP contribution in [-0.4, -0.2) is 58.7 Å². The van der Waals surface area contributed by atoms with Gasteiger partial charge in [-0.15, -0.1) is 0 Å². The number of amides is 1. The summed E-state index contributed by atoms with van der Waals surface area (Å²) in [6.45, 7) is 1.60. The van der Waals surface area contributed by atoms with E-state index in [0.29, 0.717) is 6.04 Å². The summed E-state index contributed by atoms with van der Waals surface area (Å²) >= 11 is 0. The molecule has 0 bridgehead atoms. The predicted molar refractivity (Wildman–Crippen MR) is 82.7 cm³/mol. The van der Waals surface area contributed by atoms with E-state index in [9.17, 15) is 4.79 Å². The van der Waals surface area contributed by atoms with Crippen LogP contribution in [0.5, 0.6) is 0 Å². The molecule has 0 spiro atoms. The fourth-order valence-electron chi connectivity index (χ4n) is 2.92. The number of aromatic nitrogens is 2. The van der Waals surface area contributed by atoms with Gasteiger partial charge in [0.1, 0.15) is 6.04 Å². The smallest absolute Gasteiger partial charge is 0.244 e. The Morgan fingerprint density at radius 2 is 2.10 bits per heavy atom. The van der Waals surface area contributed by atoms with Crippen molar-refractivity contribution in [2.24, 2.45) is 12.8 Å². The van der Waals surface area contributed by atoms with Gasteiger partial charge in [0.05, 0.1) is 6.20 Å². The van der Waals surface area contributed by atoms with Crippen LogP contribution in [0.3, 0.4) is 0 Å². The Bertz CT molecular complexity index is 464.